The third-order valence-corrected chi connectivity index (χ3v) is 4.91. The summed E-state index contributed by atoms with van der Waals surface area (Å²) in [7, 11) is 2.01. The van der Waals surface area contributed by atoms with E-state index >= 15 is 0 Å². The van der Waals surface area contributed by atoms with Crippen LogP contribution >= 0.6 is 0 Å². The predicted octanol–water partition coefficient (Wildman–Crippen LogP) is 4.27. The van der Waals surface area contributed by atoms with Crippen LogP contribution < -0.4 is 5.32 Å². The van der Waals surface area contributed by atoms with Crippen molar-refractivity contribution in [3.05, 3.63) is 48.0 Å². The van der Waals surface area contributed by atoms with Crippen molar-refractivity contribution >= 4 is 22.6 Å². The molecule has 0 fully saturated rings. The molecule has 4 nitrogen and oxygen atoms in total. The van der Waals surface area contributed by atoms with Crippen molar-refractivity contribution in [1.82, 2.24) is 10.2 Å². The lowest BCUT2D eigenvalue weighted by Gasteiger charge is -2.24. The summed E-state index contributed by atoms with van der Waals surface area (Å²) in [5, 5.41) is 5.48. The molecule has 25 heavy (non-hydrogen) atoms. The fraction of sp³-hybridized carbons (Fsp3) is 0.429. The number of rotatable bonds is 6. The summed E-state index contributed by atoms with van der Waals surface area (Å²) in [6.45, 7) is 2.85. The summed E-state index contributed by atoms with van der Waals surface area (Å²) in [5.41, 5.74) is 1.26. The predicted molar refractivity (Wildman–Crippen MR) is 104 cm³/mol. The van der Waals surface area contributed by atoms with Gasteiger partial charge < -0.3 is 4.90 Å². The first-order chi connectivity index (χ1) is 12.2. The van der Waals surface area contributed by atoms with Crippen molar-refractivity contribution in [1.29, 1.82) is 0 Å². The van der Waals surface area contributed by atoms with Crippen LogP contribution in [-0.2, 0) is 4.79 Å². The van der Waals surface area contributed by atoms with Gasteiger partial charge >= 0.3 is 0 Å². The number of aliphatic imine (C=N–C) groups is 1. The van der Waals surface area contributed by atoms with Crippen LogP contribution in [0.3, 0.4) is 0 Å². The smallest absolute Gasteiger partial charge is 0.226 e. The van der Waals surface area contributed by atoms with Gasteiger partial charge in [0.2, 0.25) is 11.9 Å². The number of hydrogen-bond acceptors (Lipinski definition) is 3. The number of hydrogen-bond donors (Lipinski definition) is 1. The normalized spacial score (nSPS) is 17.0. The molecule has 0 bridgehead atoms. The Morgan fingerprint density at radius 3 is 2.80 bits per heavy atom. The van der Waals surface area contributed by atoms with E-state index in [-0.39, 0.29) is 11.9 Å². The maximum absolute atomic E-state index is 12.1. The molecule has 0 aliphatic carbocycles. The average molecular weight is 337 g/mol. The van der Waals surface area contributed by atoms with Gasteiger partial charge in [0.15, 0.2) is 0 Å². The quantitative estimate of drug-likeness (QED) is 0.800. The highest BCUT2D eigenvalue weighted by atomic mass is 16.1. The van der Waals surface area contributed by atoms with Crippen molar-refractivity contribution in [2.24, 2.45) is 4.99 Å². The lowest BCUT2D eigenvalue weighted by molar-refractivity contribution is -0.119. The van der Waals surface area contributed by atoms with Crippen molar-refractivity contribution in [3.63, 3.8) is 0 Å². The van der Waals surface area contributed by atoms with Crippen LogP contribution in [0.25, 0.3) is 10.8 Å². The van der Waals surface area contributed by atoms with E-state index in [4.69, 9.17) is 0 Å². The Hall–Kier alpha value is -2.36. The Labute approximate surface area is 149 Å². The van der Waals surface area contributed by atoms with Gasteiger partial charge in [-0.15, -0.1) is 0 Å². The molecule has 1 amide bonds. The minimum Gasteiger partial charge on any atom is -0.337 e. The van der Waals surface area contributed by atoms with Crippen LogP contribution in [0.1, 0.15) is 50.6 Å². The number of unbranched alkanes of at least 4 members (excludes halogenated alkanes) is 3. The zero-order valence-electron chi connectivity index (χ0n) is 15.2. The number of guanidine groups is 1. The summed E-state index contributed by atoms with van der Waals surface area (Å²) < 4.78 is 0. The Morgan fingerprint density at radius 1 is 1.16 bits per heavy atom. The molecule has 0 saturated carbocycles. The van der Waals surface area contributed by atoms with E-state index in [1.54, 1.807) is 0 Å². The van der Waals surface area contributed by atoms with E-state index in [1.165, 1.54) is 29.2 Å². The highest BCUT2D eigenvalue weighted by Crippen LogP contribution is 2.30. The van der Waals surface area contributed by atoms with Gasteiger partial charge in [-0.2, -0.15) is 0 Å². The molecule has 0 spiro atoms. The van der Waals surface area contributed by atoms with Crippen LogP contribution in [0, 0.1) is 0 Å². The fourth-order valence-electron chi connectivity index (χ4n) is 3.43. The Balaban J connectivity index is 1.65. The summed E-state index contributed by atoms with van der Waals surface area (Å²) in [6.07, 6.45) is 5.02. The van der Waals surface area contributed by atoms with E-state index in [2.05, 4.69) is 64.6 Å². The summed E-state index contributed by atoms with van der Waals surface area (Å²) in [6, 6.07) is 15.0. The first-order valence-corrected chi connectivity index (χ1v) is 9.25. The molecule has 1 heterocycles. The van der Waals surface area contributed by atoms with Crippen LogP contribution in [0.15, 0.2) is 47.5 Å². The number of benzene rings is 2. The minimum absolute atomic E-state index is 0.0697. The van der Waals surface area contributed by atoms with Gasteiger partial charge in [-0.3, -0.25) is 15.1 Å². The molecule has 1 aliphatic heterocycles. The Kier molecular flexibility index (Phi) is 5.69. The van der Waals surface area contributed by atoms with Gasteiger partial charge in [0.25, 0.3) is 0 Å². The van der Waals surface area contributed by atoms with Gasteiger partial charge in [-0.05, 0) is 22.8 Å². The van der Waals surface area contributed by atoms with Gasteiger partial charge in [-0.1, -0.05) is 68.7 Å². The van der Waals surface area contributed by atoms with E-state index < -0.39 is 0 Å². The number of nitrogens with one attached hydrogen (secondary N) is 1. The third-order valence-electron chi connectivity index (χ3n) is 4.91. The van der Waals surface area contributed by atoms with Crippen LogP contribution in [0.4, 0.5) is 0 Å². The van der Waals surface area contributed by atoms with Crippen molar-refractivity contribution in [2.75, 3.05) is 13.6 Å². The molecule has 1 atom stereocenters. The Morgan fingerprint density at radius 2 is 1.96 bits per heavy atom. The fourth-order valence-corrected chi connectivity index (χ4v) is 3.43. The maximum Gasteiger partial charge on any atom is 0.226 e. The second kappa shape index (κ2) is 8.15. The molecule has 132 valence electrons. The second-order valence-electron chi connectivity index (χ2n) is 6.72. The largest absolute Gasteiger partial charge is 0.337 e. The molecule has 1 N–H and O–H groups in total. The zero-order valence-corrected chi connectivity index (χ0v) is 15.2. The van der Waals surface area contributed by atoms with Crippen molar-refractivity contribution < 1.29 is 4.79 Å². The third kappa shape index (κ3) is 4.01. The first kappa shape index (κ1) is 17.5. The maximum atomic E-state index is 12.1. The van der Waals surface area contributed by atoms with Crippen LogP contribution in [0.5, 0.6) is 0 Å². The molecule has 0 radical (unpaired) electrons. The number of amides is 1. The number of nitrogens with zero attached hydrogens (tertiary/aromatic N) is 2. The van der Waals surface area contributed by atoms with Gasteiger partial charge in [0, 0.05) is 13.5 Å². The standard InChI is InChI=1S/C21H27N3O/c1-3-4-5-6-14-20(25)23-21-22-15-19(24(21)2)18-13-9-11-16-10-7-8-12-17(16)18/h7-13,19H,3-6,14-15H2,1-2H3,(H,22,23,25). The minimum atomic E-state index is 0.0697. The van der Waals surface area contributed by atoms with E-state index in [1.807, 2.05) is 7.05 Å². The summed E-state index contributed by atoms with van der Waals surface area (Å²) in [4.78, 5) is 18.8. The molecule has 0 saturated heterocycles. The molecule has 4 heteroatoms. The number of carbonyl (C=O) groups is 1. The van der Waals surface area contributed by atoms with E-state index in [9.17, 15) is 4.79 Å². The lowest BCUT2D eigenvalue weighted by atomic mass is 9.98. The Bertz CT molecular complexity index is 763. The van der Waals surface area contributed by atoms with Crippen LogP contribution in [0.2, 0.25) is 0 Å². The lowest BCUT2D eigenvalue weighted by Crippen LogP contribution is -2.40. The van der Waals surface area contributed by atoms with Gasteiger partial charge in [0.1, 0.15) is 0 Å². The average Bonchev–Trinajstić information content (AvgIpc) is 2.99. The molecule has 2 aromatic carbocycles. The SMILES string of the molecule is CCCCCCC(=O)NC1=NCC(c2cccc3ccccc23)N1C. The van der Waals surface area contributed by atoms with E-state index in [0.29, 0.717) is 18.9 Å². The van der Waals surface area contributed by atoms with Crippen molar-refractivity contribution in [2.45, 2.75) is 45.1 Å². The number of fused-ring (bicyclic) bond motifs is 1. The molecule has 1 aliphatic rings. The number of carbonyl (C=O) groups excluding carboxylic acids is 1. The highest BCUT2D eigenvalue weighted by Gasteiger charge is 2.27. The molecule has 0 aromatic heterocycles. The summed E-state index contributed by atoms with van der Waals surface area (Å²) in [5.74, 6) is 0.763. The van der Waals surface area contributed by atoms with Gasteiger partial charge in [-0.25, -0.2) is 0 Å². The number of likely N-dealkylation sites (N-methyl/N-ethyl adjacent to an activating group) is 1. The molecule has 3 rings (SSSR count). The van der Waals surface area contributed by atoms with Crippen molar-refractivity contribution in [3.8, 4) is 0 Å². The molecule has 2 aromatic rings. The molecular weight excluding hydrogens is 310 g/mol. The first-order valence-electron chi connectivity index (χ1n) is 9.25. The summed E-state index contributed by atoms with van der Waals surface area (Å²) >= 11 is 0. The van der Waals surface area contributed by atoms with E-state index in [0.717, 1.165) is 12.8 Å². The molecular formula is C21H27N3O. The second-order valence-corrected chi connectivity index (χ2v) is 6.72. The van der Waals surface area contributed by atoms with Crippen LogP contribution in [-0.4, -0.2) is 30.4 Å². The topological polar surface area (TPSA) is 44.7 Å². The molecule has 1 unspecified atom stereocenters. The monoisotopic (exact) mass is 337 g/mol. The van der Waals surface area contributed by atoms with Gasteiger partial charge in [0.05, 0.1) is 12.6 Å². The highest BCUT2D eigenvalue weighted by molar-refractivity contribution is 5.98. The zero-order chi connectivity index (χ0) is 17.6.